The largest absolute Gasteiger partial charge is 0.489 e. The van der Waals surface area contributed by atoms with Gasteiger partial charge in [0.1, 0.15) is 18.1 Å². The van der Waals surface area contributed by atoms with Crippen LogP contribution in [0.25, 0.3) is 5.57 Å². The zero-order valence-electron chi connectivity index (χ0n) is 21.7. The van der Waals surface area contributed by atoms with Crippen LogP contribution in [0.4, 0.5) is 13.2 Å². The lowest BCUT2D eigenvalue weighted by Crippen LogP contribution is -2.10. The molecule has 0 aliphatic rings. The van der Waals surface area contributed by atoms with Crippen molar-refractivity contribution >= 4 is 22.9 Å². The molecule has 0 saturated heterocycles. The third-order valence-electron chi connectivity index (χ3n) is 5.80. The fourth-order valence-electron chi connectivity index (χ4n) is 3.87. The first kappa shape index (κ1) is 28.5. The molecule has 204 valence electrons. The molecule has 8 heteroatoms. The number of carboxylic acid groups (broad SMARTS) is 1. The van der Waals surface area contributed by atoms with E-state index in [1.807, 2.05) is 43.3 Å². The second-order valence-corrected chi connectivity index (χ2v) is 10.1. The van der Waals surface area contributed by atoms with Gasteiger partial charge in [-0.05, 0) is 96.8 Å². The van der Waals surface area contributed by atoms with Crippen LogP contribution >= 0.6 is 11.3 Å². The van der Waals surface area contributed by atoms with Crippen LogP contribution in [0.3, 0.4) is 0 Å². The molecule has 0 aliphatic heterocycles. The molecule has 0 fully saturated rings. The number of rotatable bonds is 8. The van der Waals surface area contributed by atoms with Crippen LogP contribution in [0.15, 0.2) is 84.9 Å². The van der Waals surface area contributed by atoms with E-state index in [0.29, 0.717) is 33.8 Å². The second kappa shape index (κ2) is 12.6. The number of hydrogen-bond acceptors (Lipinski definition) is 4. The van der Waals surface area contributed by atoms with E-state index in [4.69, 9.17) is 14.6 Å². The lowest BCUT2D eigenvalue weighted by Gasteiger charge is -2.13. The molecule has 4 rings (SSSR count). The average Bonchev–Trinajstić information content (AvgIpc) is 3.34. The Balaban J connectivity index is 1.59. The fraction of sp³-hybridized carbons (Fsp3) is 0.156. The smallest absolute Gasteiger partial charge is 0.416 e. The van der Waals surface area contributed by atoms with Gasteiger partial charge in [0, 0.05) is 10.4 Å². The Morgan fingerprint density at radius 2 is 1.70 bits per heavy atom. The summed E-state index contributed by atoms with van der Waals surface area (Å²) < 4.78 is 51.5. The quantitative estimate of drug-likeness (QED) is 0.223. The van der Waals surface area contributed by atoms with Crippen LogP contribution < -0.4 is 9.47 Å². The van der Waals surface area contributed by atoms with Gasteiger partial charge in [0.25, 0.3) is 0 Å². The Bertz CT molecular complexity index is 1590. The minimum Gasteiger partial charge on any atom is -0.489 e. The van der Waals surface area contributed by atoms with Crippen molar-refractivity contribution in [2.75, 3.05) is 13.2 Å². The first-order chi connectivity index (χ1) is 19.1. The summed E-state index contributed by atoms with van der Waals surface area (Å²) in [6.07, 6.45) is -2.74. The van der Waals surface area contributed by atoms with E-state index in [2.05, 4.69) is 11.8 Å². The third kappa shape index (κ3) is 7.78. The highest BCUT2D eigenvalue weighted by atomic mass is 32.1. The molecule has 0 radical (unpaired) electrons. The zero-order chi connectivity index (χ0) is 28.7. The van der Waals surface area contributed by atoms with Crippen LogP contribution in [0.5, 0.6) is 11.5 Å². The number of thiophene rings is 1. The summed E-state index contributed by atoms with van der Waals surface area (Å²) in [5.41, 5.74) is 2.44. The fourth-order valence-corrected chi connectivity index (χ4v) is 4.59. The topological polar surface area (TPSA) is 55.8 Å². The lowest BCUT2D eigenvalue weighted by atomic mass is 9.95. The van der Waals surface area contributed by atoms with Gasteiger partial charge in [-0.15, -0.1) is 11.3 Å². The second-order valence-electron chi connectivity index (χ2n) is 8.85. The summed E-state index contributed by atoms with van der Waals surface area (Å²) in [4.78, 5) is 12.9. The van der Waals surface area contributed by atoms with Crippen molar-refractivity contribution in [3.8, 4) is 23.3 Å². The molecule has 3 aromatic carbocycles. The lowest BCUT2D eigenvalue weighted by molar-refractivity contribution is -0.139. The Labute approximate surface area is 234 Å². The Kier molecular flexibility index (Phi) is 8.97. The van der Waals surface area contributed by atoms with E-state index >= 15 is 0 Å². The highest BCUT2D eigenvalue weighted by Crippen LogP contribution is 2.33. The highest BCUT2D eigenvalue weighted by Gasteiger charge is 2.30. The van der Waals surface area contributed by atoms with Gasteiger partial charge in [0.15, 0.2) is 6.61 Å². The number of hydrogen-bond donors (Lipinski definition) is 1. The van der Waals surface area contributed by atoms with Crippen molar-refractivity contribution < 1.29 is 32.5 Å². The van der Waals surface area contributed by atoms with Crippen molar-refractivity contribution in [2.24, 2.45) is 0 Å². The van der Waals surface area contributed by atoms with Gasteiger partial charge in [0.2, 0.25) is 0 Å². The molecule has 0 amide bonds. The van der Waals surface area contributed by atoms with Crippen LogP contribution in [-0.4, -0.2) is 24.3 Å². The molecule has 0 bridgehead atoms. The van der Waals surface area contributed by atoms with Crippen molar-refractivity contribution in [2.45, 2.75) is 20.0 Å². The molecular weight excluding hydrogens is 537 g/mol. The summed E-state index contributed by atoms with van der Waals surface area (Å²) in [7, 11) is 0. The first-order valence-corrected chi connectivity index (χ1v) is 13.0. The zero-order valence-corrected chi connectivity index (χ0v) is 22.5. The maximum Gasteiger partial charge on any atom is 0.416 e. The van der Waals surface area contributed by atoms with Crippen molar-refractivity contribution in [1.29, 1.82) is 0 Å². The molecule has 0 saturated carbocycles. The van der Waals surface area contributed by atoms with Crippen LogP contribution in [-0.2, 0) is 11.0 Å². The predicted octanol–water partition coefficient (Wildman–Crippen LogP) is 7.76. The Morgan fingerprint density at radius 3 is 2.35 bits per heavy atom. The number of halogens is 3. The molecule has 0 aliphatic carbocycles. The van der Waals surface area contributed by atoms with Gasteiger partial charge in [-0.2, -0.15) is 13.2 Å². The molecular formula is C32H25F3O4S. The van der Waals surface area contributed by atoms with E-state index in [1.54, 1.807) is 48.6 Å². The molecule has 0 spiro atoms. The van der Waals surface area contributed by atoms with Crippen LogP contribution in [0.2, 0.25) is 0 Å². The molecule has 4 nitrogen and oxygen atoms in total. The molecule has 40 heavy (non-hydrogen) atoms. The molecule has 1 N–H and O–H groups in total. The van der Waals surface area contributed by atoms with E-state index in [9.17, 15) is 18.0 Å². The number of carboxylic acids is 1. The normalized spacial score (nSPS) is 11.5. The maximum absolute atomic E-state index is 13.5. The van der Waals surface area contributed by atoms with Gasteiger partial charge >= 0.3 is 12.1 Å². The van der Waals surface area contributed by atoms with Crippen LogP contribution in [0, 0.1) is 25.7 Å². The molecule has 4 aromatic rings. The Hall–Kier alpha value is -4.48. The molecule has 0 unspecified atom stereocenters. The van der Waals surface area contributed by atoms with E-state index in [1.165, 1.54) is 10.9 Å². The Morgan fingerprint density at radius 1 is 0.925 bits per heavy atom. The summed E-state index contributed by atoms with van der Waals surface area (Å²) in [6, 6.07) is 21.4. The standard InChI is InChI=1S/C32H25F3O4S/c1-21-18-27(12-15-30(21)39-20-31(36)37)38-17-16-29(25-4-3-5-26(19-25)32(33,34)35)24-10-7-23(8-11-24)9-14-28-13-6-22(2)40-28/h3-8,10-13,15-16,18-19H,17,20H2,1-2H3,(H,36,37). The third-order valence-corrected chi connectivity index (χ3v) is 6.72. The molecule has 0 atom stereocenters. The summed E-state index contributed by atoms with van der Waals surface area (Å²) in [6.45, 7) is 3.41. The monoisotopic (exact) mass is 562 g/mol. The number of carbonyl (C=O) groups is 1. The first-order valence-electron chi connectivity index (χ1n) is 12.2. The van der Waals surface area contributed by atoms with Gasteiger partial charge in [-0.25, -0.2) is 4.79 Å². The summed E-state index contributed by atoms with van der Waals surface area (Å²) in [5, 5.41) is 8.80. The van der Waals surface area contributed by atoms with Crippen molar-refractivity contribution in [3.63, 3.8) is 0 Å². The van der Waals surface area contributed by atoms with E-state index in [-0.39, 0.29) is 6.61 Å². The van der Waals surface area contributed by atoms with Crippen molar-refractivity contribution in [3.05, 3.63) is 123 Å². The van der Waals surface area contributed by atoms with Gasteiger partial charge in [-0.1, -0.05) is 36.1 Å². The average molecular weight is 563 g/mol. The SMILES string of the molecule is Cc1ccc(C#Cc2ccc(C(=CCOc3ccc(OCC(=O)O)c(C)c3)c3cccc(C(F)(F)F)c3)cc2)s1. The molecule has 1 heterocycles. The number of aryl methyl sites for hydroxylation is 2. The number of benzene rings is 3. The highest BCUT2D eigenvalue weighted by molar-refractivity contribution is 7.12. The minimum absolute atomic E-state index is 0.0830. The summed E-state index contributed by atoms with van der Waals surface area (Å²) >= 11 is 1.61. The summed E-state index contributed by atoms with van der Waals surface area (Å²) in [5.74, 6) is 6.11. The maximum atomic E-state index is 13.5. The van der Waals surface area contributed by atoms with Crippen molar-refractivity contribution in [1.82, 2.24) is 0 Å². The van der Waals surface area contributed by atoms with E-state index < -0.39 is 24.3 Å². The van der Waals surface area contributed by atoms with Crippen LogP contribution in [0.1, 0.15) is 37.6 Å². The minimum atomic E-state index is -4.47. The number of aliphatic carboxylic acids is 1. The number of ether oxygens (including phenoxy) is 2. The predicted molar refractivity (Wildman–Crippen MR) is 150 cm³/mol. The molecule has 1 aromatic heterocycles. The van der Waals surface area contributed by atoms with Gasteiger partial charge in [0.05, 0.1) is 10.4 Å². The van der Waals surface area contributed by atoms with Gasteiger partial charge < -0.3 is 14.6 Å². The number of alkyl halides is 3. The van der Waals surface area contributed by atoms with Gasteiger partial charge in [-0.3, -0.25) is 0 Å². The van der Waals surface area contributed by atoms with E-state index in [0.717, 1.165) is 22.6 Å².